The van der Waals surface area contributed by atoms with Gasteiger partial charge < -0.3 is 5.43 Å². The van der Waals surface area contributed by atoms with Gasteiger partial charge in [0.25, 0.3) is 0 Å². The van der Waals surface area contributed by atoms with Gasteiger partial charge in [0, 0.05) is 0 Å². The molecule has 0 bridgehead atoms. The van der Waals surface area contributed by atoms with Crippen LogP contribution in [0.3, 0.4) is 0 Å². The van der Waals surface area contributed by atoms with Gasteiger partial charge in [-0.15, -0.1) is 11.3 Å². The number of anilines is 1. The number of nitrogens with two attached hydrogens (primary N) is 1. The van der Waals surface area contributed by atoms with Crippen molar-refractivity contribution >= 4 is 27.4 Å². The van der Waals surface area contributed by atoms with Gasteiger partial charge in [-0.1, -0.05) is 6.92 Å². The molecule has 0 fully saturated rings. The number of nitrogen functional groups attached to an aromatic ring is 1. The third-order valence-electron chi connectivity index (χ3n) is 2.03. The Kier molecular flexibility index (Phi) is 2.16. The maximum absolute atomic E-state index is 5.38. The second kappa shape index (κ2) is 3.32. The number of nitrogens with zero attached hydrogens (tertiary/aromatic N) is 1. The highest BCUT2D eigenvalue weighted by Gasteiger charge is 2.04. The fourth-order valence-electron chi connectivity index (χ4n) is 1.33. The summed E-state index contributed by atoms with van der Waals surface area (Å²) in [6.07, 6.45) is 0.945. The normalized spacial score (nSPS) is 10.6. The first-order valence-electron chi connectivity index (χ1n) is 4.19. The molecule has 0 unspecified atom stereocenters. The van der Waals surface area contributed by atoms with E-state index in [1.807, 2.05) is 11.4 Å². The van der Waals surface area contributed by atoms with Crippen molar-refractivity contribution in [1.29, 1.82) is 0 Å². The number of aryl methyl sites for hydroxylation is 1. The lowest BCUT2D eigenvalue weighted by molar-refractivity contribution is 1.10. The van der Waals surface area contributed by atoms with Crippen molar-refractivity contribution in [3.05, 3.63) is 23.1 Å². The number of nitrogens with one attached hydrogen (secondary N) is 1. The Morgan fingerprint density at radius 3 is 3.15 bits per heavy atom. The number of hydrazine groups is 1. The summed E-state index contributed by atoms with van der Waals surface area (Å²) in [5.74, 6) is 6.16. The van der Waals surface area contributed by atoms with Gasteiger partial charge in [-0.25, -0.2) is 10.8 Å². The highest BCUT2D eigenvalue weighted by atomic mass is 32.1. The first-order valence-corrected chi connectivity index (χ1v) is 5.07. The quantitative estimate of drug-likeness (QED) is 0.567. The molecular formula is C9H11N3S. The van der Waals surface area contributed by atoms with Crippen LogP contribution in [0, 0.1) is 0 Å². The molecule has 0 radical (unpaired) electrons. The predicted octanol–water partition coefficient (Wildman–Crippen LogP) is 2.14. The molecule has 0 saturated heterocycles. The van der Waals surface area contributed by atoms with Crippen LogP contribution in [0.4, 0.5) is 5.82 Å². The monoisotopic (exact) mass is 193 g/mol. The largest absolute Gasteiger partial charge is 0.308 e. The van der Waals surface area contributed by atoms with E-state index in [0.29, 0.717) is 0 Å². The number of pyridine rings is 1. The topological polar surface area (TPSA) is 50.9 Å². The molecule has 3 nitrogen and oxygen atoms in total. The SMILES string of the molecule is CCc1cc2sccc2nc1NN. The molecule has 0 atom stereocenters. The van der Waals surface area contributed by atoms with Crippen molar-refractivity contribution in [2.24, 2.45) is 5.84 Å². The molecular weight excluding hydrogens is 182 g/mol. The van der Waals surface area contributed by atoms with Gasteiger partial charge in [-0.3, -0.25) is 0 Å². The van der Waals surface area contributed by atoms with Crippen molar-refractivity contribution < 1.29 is 0 Å². The van der Waals surface area contributed by atoms with Gasteiger partial charge >= 0.3 is 0 Å². The molecule has 0 amide bonds. The Morgan fingerprint density at radius 2 is 2.46 bits per heavy atom. The number of aromatic nitrogens is 1. The van der Waals surface area contributed by atoms with Crippen molar-refractivity contribution in [3.63, 3.8) is 0 Å². The minimum atomic E-state index is 0.786. The van der Waals surface area contributed by atoms with Crippen LogP contribution in [0.5, 0.6) is 0 Å². The minimum Gasteiger partial charge on any atom is -0.308 e. The number of fused-ring (bicyclic) bond motifs is 1. The molecule has 0 aromatic carbocycles. The third kappa shape index (κ3) is 1.38. The molecule has 3 N–H and O–H groups in total. The van der Waals surface area contributed by atoms with Crippen molar-refractivity contribution in [2.45, 2.75) is 13.3 Å². The van der Waals surface area contributed by atoms with Gasteiger partial charge in [-0.05, 0) is 29.5 Å². The Hall–Kier alpha value is -1.13. The fraction of sp³-hybridized carbons (Fsp3) is 0.222. The van der Waals surface area contributed by atoms with Gasteiger partial charge in [0.15, 0.2) is 0 Å². The van der Waals surface area contributed by atoms with E-state index >= 15 is 0 Å². The summed E-state index contributed by atoms with van der Waals surface area (Å²) >= 11 is 1.70. The molecule has 2 heterocycles. The Bertz CT molecular complexity index is 384. The Labute approximate surface area is 80.6 Å². The molecule has 2 aromatic heterocycles. The molecule has 13 heavy (non-hydrogen) atoms. The van der Waals surface area contributed by atoms with Crippen LogP contribution in [-0.2, 0) is 6.42 Å². The second-order valence-corrected chi connectivity index (χ2v) is 3.75. The van der Waals surface area contributed by atoms with Gasteiger partial charge in [0.2, 0.25) is 0 Å². The zero-order chi connectivity index (χ0) is 9.26. The molecule has 2 aromatic rings. The first kappa shape index (κ1) is 8.47. The summed E-state index contributed by atoms with van der Waals surface area (Å²) in [6, 6.07) is 4.14. The van der Waals surface area contributed by atoms with Crippen LogP contribution in [-0.4, -0.2) is 4.98 Å². The Morgan fingerprint density at radius 1 is 1.62 bits per heavy atom. The summed E-state index contributed by atoms with van der Waals surface area (Å²) in [4.78, 5) is 4.40. The molecule has 68 valence electrons. The lowest BCUT2D eigenvalue weighted by atomic mass is 10.2. The predicted molar refractivity (Wildman–Crippen MR) is 56.8 cm³/mol. The molecule has 2 rings (SSSR count). The van der Waals surface area contributed by atoms with Gasteiger partial charge in [-0.2, -0.15) is 0 Å². The fourth-order valence-corrected chi connectivity index (χ4v) is 2.12. The van der Waals surface area contributed by atoms with Crippen LogP contribution in [0.1, 0.15) is 12.5 Å². The molecule has 0 spiro atoms. The standard InChI is InChI=1S/C9H11N3S/c1-2-6-5-8-7(3-4-13-8)11-9(6)12-10/h3-5H,2,10H2,1H3,(H,11,12). The summed E-state index contributed by atoms with van der Waals surface area (Å²) in [5, 5.41) is 2.04. The number of hydrogen-bond donors (Lipinski definition) is 2. The van der Waals surface area contributed by atoms with E-state index in [1.165, 1.54) is 4.70 Å². The lowest BCUT2D eigenvalue weighted by Crippen LogP contribution is -2.10. The average Bonchev–Trinajstić information content (AvgIpc) is 2.62. The van der Waals surface area contributed by atoms with E-state index in [1.54, 1.807) is 11.3 Å². The molecule has 0 aliphatic carbocycles. The molecule has 0 saturated carbocycles. The van der Waals surface area contributed by atoms with E-state index in [0.717, 1.165) is 23.3 Å². The van der Waals surface area contributed by atoms with Gasteiger partial charge in [0.1, 0.15) is 5.82 Å². The maximum atomic E-state index is 5.38. The summed E-state index contributed by atoms with van der Waals surface area (Å²) in [7, 11) is 0. The summed E-state index contributed by atoms with van der Waals surface area (Å²) in [5.41, 5.74) is 4.80. The summed E-state index contributed by atoms with van der Waals surface area (Å²) in [6.45, 7) is 2.09. The maximum Gasteiger partial charge on any atom is 0.143 e. The second-order valence-electron chi connectivity index (χ2n) is 2.80. The van der Waals surface area contributed by atoms with Gasteiger partial charge in [0.05, 0.1) is 10.2 Å². The van der Waals surface area contributed by atoms with Crippen molar-refractivity contribution in [1.82, 2.24) is 4.98 Å². The highest BCUT2D eigenvalue weighted by Crippen LogP contribution is 2.24. The van der Waals surface area contributed by atoms with Crippen LogP contribution < -0.4 is 11.3 Å². The lowest BCUT2D eigenvalue weighted by Gasteiger charge is -2.05. The number of thiophene rings is 1. The molecule has 0 aliphatic rings. The Balaban J connectivity index is 2.67. The zero-order valence-electron chi connectivity index (χ0n) is 7.37. The van der Waals surface area contributed by atoms with Crippen LogP contribution >= 0.6 is 11.3 Å². The van der Waals surface area contributed by atoms with E-state index in [2.05, 4.69) is 23.4 Å². The van der Waals surface area contributed by atoms with E-state index < -0.39 is 0 Å². The number of hydrogen-bond acceptors (Lipinski definition) is 4. The molecule has 0 aliphatic heterocycles. The van der Waals surface area contributed by atoms with E-state index in [-0.39, 0.29) is 0 Å². The van der Waals surface area contributed by atoms with Crippen molar-refractivity contribution in [3.8, 4) is 0 Å². The van der Waals surface area contributed by atoms with Crippen LogP contribution in [0.25, 0.3) is 10.2 Å². The highest BCUT2D eigenvalue weighted by molar-refractivity contribution is 7.17. The van der Waals surface area contributed by atoms with Crippen molar-refractivity contribution in [2.75, 3.05) is 5.43 Å². The molecule has 4 heteroatoms. The minimum absolute atomic E-state index is 0.786. The smallest absolute Gasteiger partial charge is 0.143 e. The number of rotatable bonds is 2. The van der Waals surface area contributed by atoms with Crippen LogP contribution in [0.2, 0.25) is 0 Å². The third-order valence-corrected chi connectivity index (χ3v) is 2.89. The zero-order valence-corrected chi connectivity index (χ0v) is 8.19. The first-order chi connectivity index (χ1) is 6.35. The van der Waals surface area contributed by atoms with E-state index in [9.17, 15) is 0 Å². The van der Waals surface area contributed by atoms with E-state index in [4.69, 9.17) is 5.84 Å². The average molecular weight is 193 g/mol. The summed E-state index contributed by atoms with van der Waals surface area (Å²) < 4.78 is 1.22. The van der Waals surface area contributed by atoms with Crippen LogP contribution in [0.15, 0.2) is 17.5 Å².